The van der Waals surface area contributed by atoms with E-state index in [-0.39, 0.29) is 5.28 Å². The largest absolute Gasteiger partial charge is 0.365 e. The number of aromatic nitrogens is 2. The van der Waals surface area contributed by atoms with E-state index in [1.54, 1.807) is 0 Å². The van der Waals surface area contributed by atoms with Gasteiger partial charge in [-0.1, -0.05) is 77.8 Å². The lowest BCUT2D eigenvalue weighted by atomic mass is 10.1. The Bertz CT molecular complexity index is 1080. The molecular weight excluding hydrogens is 418 g/mol. The van der Waals surface area contributed by atoms with E-state index in [4.69, 9.17) is 11.6 Å². The normalized spacial score (nSPS) is 11.8. The summed E-state index contributed by atoms with van der Waals surface area (Å²) in [5.41, 5.74) is 8.61. The Labute approximate surface area is 192 Å². The summed E-state index contributed by atoms with van der Waals surface area (Å²) >= 11 is 6.19. The topological polar surface area (TPSA) is 37.8 Å². The van der Waals surface area contributed by atoms with Crippen molar-refractivity contribution in [2.45, 2.75) is 64.7 Å². The van der Waals surface area contributed by atoms with Crippen LogP contribution in [0.2, 0.25) is 21.9 Å². The number of anilines is 1. The zero-order chi connectivity index (χ0) is 22.6. The fourth-order valence-corrected chi connectivity index (χ4v) is 10.1. The molecule has 0 unspecified atom stereocenters. The van der Waals surface area contributed by atoms with Gasteiger partial charge in [0.1, 0.15) is 13.9 Å². The zero-order valence-electron chi connectivity index (χ0n) is 19.3. The number of fused-ring (bicyclic) bond motifs is 1. The van der Waals surface area contributed by atoms with E-state index in [1.807, 2.05) is 30.3 Å². The molecule has 0 saturated heterocycles. The number of hydrogen-bond acceptors (Lipinski definition) is 3. The van der Waals surface area contributed by atoms with Crippen LogP contribution in [0.25, 0.3) is 10.9 Å². The second-order valence-electron chi connectivity index (χ2n) is 9.06. The molecule has 0 atom stereocenters. The van der Waals surface area contributed by atoms with Crippen molar-refractivity contribution >= 4 is 36.4 Å². The molecule has 1 heterocycles. The molecule has 1 aromatic heterocycles. The van der Waals surface area contributed by atoms with E-state index in [1.165, 1.54) is 5.56 Å². The first-order valence-corrected chi connectivity index (χ1v) is 13.6. The molecule has 3 rings (SSSR count). The van der Waals surface area contributed by atoms with E-state index in [2.05, 4.69) is 86.5 Å². The van der Waals surface area contributed by atoms with Crippen molar-refractivity contribution in [2.24, 2.45) is 0 Å². The predicted octanol–water partition coefficient (Wildman–Crippen LogP) is 7.46. The van der Waals surface area contributed by atoms with Crippen molar-refractivity contribution in [3.63, 3.8) is 0 Å². The van der Waals surface area contributed by atoms with Gasteiger partial charge < -0.3 is 5.32 Å². The molecule has 0 amide bonds. The Morgan fingerprint density at radius 2 is 1.55 bits per heavy atom. The van der Waals surface area contributed by atoms with Crippen molar-refractivity contribution in [3.05, 3.63) is 64.9 Å². The van der Waals surface area contributed by atoms with Crippen molar-refractivity contribution < 1.29 is 0 Å². The molecule has 3 aromatic rings. The number of rotatable bonds is 6. The maximum Gasteiger partial charge on any atom is 0.224 e. The first-order chi connectivity index (χ1) is 14.7. The van der Waals surface area contributed by atoms with E-state index in [0.717, 1.165) is 22.3 Å². The third kappa shape index (κ3) is 5.11. The monoisotopic (exact) mass is 449 g/mol. The van der Waals surface area contributed by atoms with Crippen LogP contribution in [0.3, 0.4) is 0 Å². The molecule has 0 bridgehead atoms. The van der Waals surface area contributed by atoms with Crippen LogP contribution in [0.15, 0.2) is 48.5 Å². The van der Waals surface area contributed by atoms with Crippen LogP contribution in [0.4, 0.5) is 5.82 Å². The molecule has 0 saturated carbocycles. The highest BCUT2D eigenvalue weighted by Gasteiger charge is 2.41. The molecular formula is C26H32ClN3Si. The van der Waals surface area contributed by atoms with Gasteiger partial charge in [-0.05, 0) is 52.0 Å². The summed E-state index contributed by atoms with van der Waals surface area (Å²) in [4.78, 5) is 8.86. The molecule has 5 heteroatoms. The highest BCUT2D eigenvalue weighted by molar-refractivity contribution is 6.90. The summed E-state index contributed by atoms with van der Waals surface area (Å²) in [6, 6.07) is 16.4. The fraction of sp³-hybridized carbons (Fsp3) is 0.385. The summed E-state index contributed by atoms with van der Waals surface area (Å²) in [5.74, 6) is 4.27. The first kappa shape index (κ1) is 23.3. The summed E-state index contributed by atoms with van der Waals surface area (Å²) in [5, 5.41) is 4.61. The van der Waals surface area contributed by atoms with Crippen LogP contribution in [0.1, 0.15) is 52.7 Å². The highest BCUT2D eigenvalue weighted by atomic mass is 35.5. The lowest BCUT2D eigenvalue weighted by Crippen LogP contribution is -2.43. The fourth-order valence-electron chi connectivity index (χ4n) is 4.71. The average Bonchev–Trinajstić information content (AvgIpc) is 2.72. The molecule has 0 spiro atoms. The minimum Gasteiger partial charge on any atom is -0.365 e. The molecule has 0 fully saturated rings. The number of hydrogen-bond donors (Lipinski definition) is 1. The average molecular weight is 450 g/mol. The Hall–Kier alpha value is -2.35. The minimum absolute atomic E-state index is 0.243. The Morgan fingerprint density at radius 3 is 2.16 bits per heavy atom. The van der Waals surface area contributed by atoms with Gasteiger partial charge in [0.05, 0.1) is 5.52 Å². The maximum atomic E-state index is 6.19. The SMILES string of the molecule is CC(C)[Si](C#Cc1ccc2nc(Cl)nc(NCc3ccccc3)c2c1)(C(C)C)C(C)C. The minimum atomic E-state index is -1.79. The third-order valence-corrected chi connectivity index (χ3v) is 12.7. The first-order valence-electron chi connectivity index (χ1n) is 11.0. The van der Waals surface area contributed by atoms with Crippen molar-refractivity contribution in [1.29, 1.82) is 0 Å². The lowest BCUT2D eigenvalue weighted by molar-refractivity contribution is 0.838. The highest BCUT2D eigenvalue weighted by Crippen LogP contribution is 2.40. The van der Waals surface area contributed by atoms with E-state index < -0.39 is 8.07 Å². The molecule has 0 aliphatic rings. The van der Waals surface area contributed by atoms with Gasteiger partial charge in [0.25, 0.3) is 0 Å². The second-order valence-corrected chi connectivity index (χ2v) is 15.0. The number of nitrogens with zero attached hydrogens (tertiary/aromatic N) is 2. The summed E-state index contributed by atoms with van der Waals surface area (Å²) in [7, 11) is -1.79. The molecule has 0 aliphatic carbocycles. The van der Waals surface area contributed by atoms with Crippen LogP contribution < -0.4 is 5.32 Å². The standard InChI is InChI=1S/C26H32ClN3Si/c1-18(2)31(19(3)4,20(5)6)15-14-21-12-13-24-23(16-21)25(30-26(27)29-24)28-17-22-10-8-7-9-11-22/h7-13,16,18-20H,17H2,1-6H3,(H,28,29,30). The van der Waals surface area contributed by atoms with E-state index in [0.29, 0.717) is 23.2 Å². The zero-order valence-corrected chi connectivity index (χ0v) is 21.1. The van der Waals surface area contributed by atoms with Crippen molar-refractivity contribution in [1.82, 2.24) is 9.97 Å². The molecule has 162 valence electrons. The third-order valence-electron chi connectivity index (χ3n) is 6.26. The Kier molecular flexibility index (Phi) is 7.41. The van der Waals surface area contributed by atoms with Gasteiger partial charge in [-0.15, -0.1) is 5.54 Å². The second kappa shape index (κ2) is 9.85. The van der Waals surface area contributed by atoms with Crippen LogP contribution in [0, 0.1) is 11.5 Å². The molecule has 31 heavy (non-hydrogen) atoms. The predicted molar refractivity (Wildman–Crippen MR) is 136 cm³/mol. The number of halogens is 1. The van der Waals surface area contributed by atoms with Crippen molar-refractivity contribution in [2.75, 3.05) is 5.32 Å². The van der Waals surface area contributed by atoms with Gasteiger partial charge in [0.2, 0.25) is 5.28 Å². The molecule has 2 aromatic carbocycles. The van der Waals surface area contributed by atoms with Crippen LogP contribution >= 0.6 is 11.6 Å². The number of nitrogens with one attached hydrogen (secondary N) is 1. The van der Waals surface area contributed by atoms with Gasteiger partial charge in [-0.25, -0.2) is 9.97 Å². The molecule has 1 N–H and O–H groups in total. The molecule has 0 aliphatic heterocycles. The van der Waals surface area contributed by atoms with Gasteiger partial charge in [0.15, 0.2) is 0 Å². The van der Waals surface area contributed by atoms with E-state index in [9.17, 15) is 0 Å². The smallest absolute Gasteiger partial charge is 0.224 e. The summed E-state index contributed by atoms with van der Waals surface area (Å²) in [6.07, 6.45) is 0. The molecule has 3 nitrogen and oxygen atoms in total. The maximum absolute atomic E-state index is 6.19. The van der Waals surface area contributed by atoms with Gasteiger partial charge in [0, 0.05) is 17.5 Å². The van der Waals surface area contributed by atoms with Crippen molar-refractivity contribution in [3.8, 4) is 11.5 Å². The van der Waals surface area contributed by atoms with Crippen LogP contribution in [-0.2, 0) is 6.54 Å². The molecule has 0 radical (unpaired) electrons. The van der Waals surface area contributed by atoms with Crippen LogP contribution in [0.5, 0.6) is 0 Å². The summed E-state index contributed by atoms with van der Waals surface area (Å²) < 4.78 is 0. The Balaban J connectivity index is 2.01. The lowest BCUT2D eigenvalue weighted by Gasteiger charge is -2.38. The van der Waals surface area contributed by atoms with Gasteiger partial charge in [-0.2, -0.15) is 0 Å². The quantitative estimate of drug-likeness (QED) is 0.241. The van der Waals surface area contributed by atoms with Crippen LogP contribution in [-0.4, -0.2) is 18.0 Å². The summed E-state index contributed by atoms with van der Waals surface area (Å²) in [6.45, 7) is 14.7. The Morgan fingerprint density at radius 1 is 0.903 bits per heavy atom. The van der Waals surface area contributed by atoms with Gasteiger partial charge in [-0.3, -0.25) is 0 Å². The number of benzene rings is 2. The van der Waals surface area contributed by atoms with E-state index >= 15 is 0 Å². The van der Waals surface area contributed by atoms with Gasteiger partial charge >= 0.3 is 0 Å².